The topological polar surface area (TPSA) is 56.5 Å². The Morgan fingerprint density at radius 3 is 2.85 bits per heavy atom. The van der Waals surface area contributed by atoms with Crippen molar-refractivity contribution in [2.75, 3.05) is 6.61 Å². The number of benzene rings is 2. The van der Waals surface area contributed by atoms with Gasteiger partial charge in [0, 0.05) is 11.1 Å². The zero-order valence-corrected chi connectivity index (χ0v) is 15.6. The Kier molecular flexibility index (Phi) is 4.56. The molecule has 0 aliphatic heterocycles. The van der Waals surface area contributed by atoms with Crippen molar-refractivity contribution in [2.45, 2.75) is 6.92 Å². The first-order chi connectivity index (χ1) is 13.2. The summed E-state index contributed by atoms with van der Waals surface area (Å²) < 4.78 is 7.59. The van der Waals surface area contributed by atoms with E-state index in [1.807, 2.05) is 61.5 Å². The largest absolute Gasteiger partial charge is 0.489 e. The summed E-state index contributed by atoms with van der Waals surface area (Å²) in [6, 6.07) is 15.5. The van der Waals surface area contributed by atoms with Crippen LogP contribution in [0.5, 0.6) is 5.75 Å². The molecule has 0 aliphatic carbocycles. The van der Waals surface area contributed by atoms with Gasteiger partial charge in [-0.1, -0.05) is 66.0 Å². The van der Waals surface area contributed by atoms with Crippen molar-refractivity contribution < 1.29 is 4.74 Å². The molecule has 2 heterocycles. The molecule has 4 rings (SSSR count). The summed E-state index contributed by atoms with van der Waals surface area (Å²) in [5.74, 6) is 1.26. The second-order valence-corrected chi connectivity index (χ2v) is 7.06. The second-order valence-electron chi connectivity index (χ2n) is 6.05. The van der Waals surface area contributed by atoms with Gasteiger partial charge in [0.25, 0.3) is 5.56 Å². The molecule has 6 heteroatoms. The van der Waals surface area contributed by atoms with Gasteiger partial charge in [0.05, 0.1) is 4.53 Å². The highest BCUT2D eigenvalue weighted by Gasteiger charge is 2.12. The summed E-state index contributed by atoms with van der Waals surface area (Å²) in [5, 5.41) is 4.40. The maximum Gasteiger partial charge on any atom is 0.291 e. The van der Waals surface area contributed by atoms with Gasteiger partial charge in [0.2, 0.25) is 4.96 Å². The van der Waals surface area contributed by atoms with Crippen molar-refractivity contribution >= 4 is 22.4 Å². The average molecular weight is 375 g/mol. The Bertz CT molecular complexity index is 1240. The van der Waals surface area contributed by atoms with Crippen LogP contribution in [0.1, 0.15) is 11.1 Å². The van der Waals surface area contributed by atoms with Crippen LogP contribution < -0.4 is 14.8 Å². The van der Waals surface area contributed by atoms with E-state index in [1.165, 1.54) is 15.9 Å². The van der Waals surface area contributed by atoms with Crippen molar-refractivity contribution in [3.63, 3.8) is 0 Å². The number of aromatic nitrogens is 3. The molecule has 0 spiro atoms. The van der Waals surface area contributed by atoms with Crippen molar-refractivity contribution in [3.8, 4) is 17.1 Å². The molecule has 0 unspecified atom stereocenters. The fourth-order valence-corrected chi connectivity index (χ4v) is 3.66. The summed E-state index contributed by atoms with van der Waals surface area (Å²) in [7, 11) is 0. The number of fused-ring (bicyclic) bond motifs is 1. The molecule has 0 saturated carbocycles. The first-order valence-corrected chi connectivity index (χ1v) is 9.28. The van der Waals surface area contributed by atoms with Crippen LogP contribution in [-0.4, -0.2) is 21.2 Å². The first kappa shape index (κ1) is 17.2. The monoisotopic (exact) mass is 375 g/mol. The Balaban J connectivity index is 1.78. The smallest absolute Gasteiger partial charge is 0.291 e. The van der Waals surface area contributed by atoms with E-state index in [4.69, 9.17) is 4.74 Å². The Morgan fingerprint density at radius 2 is 2.07 bits per heavy atom. The second kappa shape index (κ2) is 7.17. The summed E-state index contributed by atoms with van der Waals surface area (Å²) in [5.41, 5.74) is 2.68. The fraction of sp³-hybridized carbons (Fsp3) is 0.0952. The van der Waals surface area contributed by atoms with E-state index in [2.05, 4.69) is 16.7 Å². The van der Waals surface area contributed by atoms with E-state index >= 15 is 0 Å². The molecule has 2 aromatic carbocycles. The Labute approximate surface area is 159 Å². The van der Waals surface area contributed by atoms with Gasteiger partial charge in [-0.2, -0.15) is 9.50 Å². The summed E-state index contributed by atoms with van der Waals surface area (Å²) in [6.07, 6.45) is 3.50. The average Bonchev–Trinajstić information content (AvgIpc) is 3.21. The van der Waals surface area contributed by atoms with Gasteiger partial charge in [-0.25, -0.2) is 0 Å². The molecule has 0 atom stereocenters. The van der Waals surface area contributed by atoms with Crippen LogP contribution in [0.3, 0.4) is 0 Å². The lowest BCUT2D eigenvalue weighted by molar-refractivity contribution is 0.362. The number of hydrogen-bond donors (Lipinski definition) is 0. The summed E-state index contributed by atoms with van der Waals surface area (Å²) >= 11 is 1.32. The fourth-order valence-electron chi connectivity index (χ4n) is 2.76. The minimum absolute atomic E-state index is 0.181. The molecular weight excluding hydrogens is 358 g/mol. The standard InChI is InChI=1S/C21H17N3O2S/c1-3-11-26-17-10-5-4-8-15(17)13-18-20(25)24-21(27-18)22-19(23-24)16-9-6-7-14(2)12-16/h3-10,12-13H,1,11H2,2H3/b18-13+. The molecule has 0 saturated heterocycles. The van der Waals surface area contributed by atoms with Crippen molar-refractivity contribution in [1.82, 2.24) is 14.6 Å². The molecule has 0 aliphatic rings. The lowest BCUT2D eigenvalue weighted by Crippen LogP contribution is -2.23. The van der Waals surface area contributed by atoms with Crippen molar-refractivity contribution in [3.05, 3.63) is 87.2 Å². The number of thiazole rings is 1. The van der Waals surface area contributed by atoms with Gasteiger partial charge in [0.15, 0.2) is 5.82 Å². The molecule has 0 amide bonds. The lowest BCUT2D eigenvalue weighted by Gasteiger charge is -2.05. The first-order valence-electron chi connectivity index (χ1n) is 8.47. The maximum absolute atomic E-state index is 12.8. The van der Waals surface area contributed by atoms with Crippen LogP contribution in [0, 0.1) is 6.92 Å². The molecule has 27 heavy (non-hydrogen) atoms. The summed E-state index contributed by atoms with van der Waals surface area (Å²) in [6.45, 7) is 6.08. The van der Waals surface area contributed by atoms with Crippen LogP contribution in [0.4, 0.5) is 0 Å². The minimum atomic E-state index is -0.181. The third-order valence-corrected chi connectivity index (χ3v) is 4.98. The molecule has 4 aromatic rings. The normalized spacial score (nSPS) is 11.8. The Morgan fingerprint density at radius 1 is 1.22 bits per heavy atom. The molecular formula is C21H17N3O2S. The van der Waals surface area contributed by atoms with Gasteiger partial charge in [-0.05, 0) is 25.1 Å². The molecule has 134 valence electrons. The molecule has 2 aromatic heterocycles. The van der Waals surface area contributed by atoms with Crippen LogP contribution in [0.2, 0.25) is 0 Å². The van der Waals surface area contributed by atoms with Crippen LogP contribution in [0.25, 0.3) is 22.4 Å². The van der Waals surface area contributed by atoms with Gasteiger partial charge >= 0.3 is 0 Å². The highest BCUT2D eigenvalue weighted by molar-refractivity contribution is 7.15. The number of ether oxygens (including phenoxy) is 1. The molecule has 0 fully saturated rings. The van der Waals surface area contributed by atoms with Crippen molar-refractivity contribution in [2.24, 2.45) is 0 Å². The third kappa shape index (κ3) is 3.39. The van der Waals surface area contributed by atoms with Crippen LogP contribution in [-0.2, 0) is 0 Å². The van der Waals surface area contributed by atoms with E-state index in [0.717, 1.165) is 16.7 Å². The predicted molar refractivity (Wildman–Crippen MR) is 108 cm³/mol. The zero-order chi connectivity index (χ0) is 18.8. The molecule has 0 bridgehead atoms. The van der Waals surface area contributed by atoms with E-state index in [1.54, 1.807) is 6.08 Å². The quantitative estimate of drug-likeness (QED) is 0.503. The zero-order valence-electron chi connectivity index (χ0n) is 14.8. The van der Waals surface area contributed by atoms with E-state index in [9.17, 15) is 4.79 Å². The highest BCUT2D eigenvalue weighted by Crippen LogP contribution is 2.20. The number of para-hydroxylation sites is 1. The van der Waals surface area contributed by atoms with Crippen molar-refractivity contribution in [1.29, 1.82) is 0 Å². The Hall–Kier alpha value is -3.25. The molecule has 5 nitrogen and oxygen atoms in total. The lowest BCUT2D eigenvalue weighted by atomic mass is 10.1. The minimum Gasteiger partial charge on any atom is -0.489 e. The SMILES string of the molecule is C=CCOc1ccccc1/C=c1/sc2nc(-c3cccc(C)c3)nn2c1=O. The predicted octanol–water partition coefficient (Wildman–Crippen LogP) is 3.24. The van der Waals surface area contributed by atoms with Gasteiger partial charge < -0.3 is 4.74 Å². The van der Waals surface area contributed by atoms with Gasteiger partial charge in [-0.15, -0.1) is 5.10 Å². The number of hydrogen-bond acceptors (Lipinski definition) is 5. The van der Waals surface area contributed by atoms with Gasteiger partial charge in [0.1, 0.15) is 12.4 Å². The number of nitrogens with zero attached hydrogens (tertiary/aromatic N) is 3. The summed E-state index contributed by atoms with van der Waals surface area (Å²) in [4.78, 5) is 17.9. The maximum atomic E-state index is 12.8. The number of aryl methyl sites for hydroxylation is 1. The number of rotatable bonds is 5. The highest BCUT2D eigenvalue weighted by atomic mass is 32.1. The van der Waals surface area contributed by atoms with E-state index in [0.29, 0.717) is 27.7 Å². The third-order valence-electron chi connectivity index (χ3n) is 4.02. The van der Waals surface area contributed by atoms with Crippen LogP contribution in [0.15, 0.2) is 66.0 Å². The molecule has 0 radical (unpaired) electrons. The van der Waals surface area contributed by atoms with E-state index < -0.39 is 0 Å². The van der Waals surface area contributed by atoms with Crippen LogP contribution >= 0.6 is 11.3 Å². The van der Waals surface area contributed by atoms with Gasteiger partial charge in [-0.3, -0.25) is 4.79 Å². The van der Waals surface area contributed by atoms with E-state index in [-0.39, 0.29) is 5.56 Å². The molecule has 0 N–H and O–H groups in total.